The van der Waals surface area contributed by atoms with Gasteiger partial charge in [-0.25, -0.2) is 13.6 Å². The molecule has 0 fully saturated rings. The Balaban J connectivity index is 2.95. The topological polar surface area (TPSA) is 95.5 Å². The van der Waals surface area contributed by atoms with Crippen molar-refractivity contribution < 1.29 is 28.3 Å². The molecule has 6 nitrogen and oxygen atoms in total. The minimum absolute atomic E-state index is 0.0572. The van der Waals surface area contributed by atoms with Crippen molar-refractivity contribution in [1.29, 1.82) is 0 Å². The maximum atomic E-state index is 13.9. The second-order valence-electron chi connectivity index (χ2n) is 5.75. The quantitative estimate of drug-likeness (QED) is 0.703. The Kier molecular flexibility index (Phi) is 6.82. The lowest BCUT2D eigenvalue weighted by molar-refractivity contribution is -0.143. The highest BCUT2D eigenvalue weighted by Crippen LogP contribution is 2.21. The van der Waals surface area contributed by atoms with E-state index in [1.165, 1.54) is 6.92 Å². The number of nitrogens with one attached hydrogen (secondary N) is 2. The van der Waals surface area contributed by atoms with Crippen LogP contribution in [0.15, 0.2) is 18.2 Å². The Morgan fingerprint density at radius 3 is 2.25 bits per heavy atom. The number of hydrogen-bond acceptors (Lipinski definition) is 3. The third-order valence-corrected chi connectivity index (χ3v) is 3.35. The van der Waals surface area contributed by atoms with E-state index in [-0.39, 0.29) is 17.9 Å². The molecule has 1 unspecified atom stereocenters. The fraction of sp³-hybridized carbons (Fsp3) is 0.438. The van der Waals surface area contributed by atoms with Gasteiger partial charge in [-0.2, -0.15) is 0 Å². The van der Waals surface area contributed by atoms with E-state index in [1.54, 1.807) is 13.8 Å². The zero-order valence-electron chi connectivity index (χ0n) is 13.6. The van der Waals surface area contributed by atoms with Gasteiger partial charge < -0.3 is 15.7 Å². The van der Waals surface area contributed by atoms with Crippen LogP contribution in [-0.2, 0) is 14.4 Å². The number of carboxylic acids is 1. The lowest BCUT2D eigenvalue weighted by Crippen LogP contribution is -2.45. The van der Waals surface area contributed by atoms with Gasteiger partial charge in [-0.3, -0.25) is 9.59 Å². The van der Waals surface area contributed by atoms with Crippen LogP contribution in [-0.4, -0.2) is 28.9 Å². The van der Waals surface area contributed by atoms with Crippen molar-refractivity contribution in [1.82, 2.24) is 10.6 Å². The molecule has 0 radical (unpaired) electrons. The van der Waals surface area contributed by atoms with Crippen LogP contribution in [0.3, 0.4) is 0 Å². The Hall–Kier alpha value is -2.51. The third kappa shape index (κ3) is 5.60. The Morgan fingerprint density at radius 2 is 1.79 bits per heavy atom. The van der Waals surface area contributed by atoms with Gasteiger partial charge in [0, 0.05) is 18.6 Å². The first kappa shape index (κ1) is 19.5. The largest absolute Gasteiger partial charge is 0.480 e. The van der Waals surface area contributed by atoms with Gasteiger partial charge in [-0.05, 0) is 12.0 Å². The van der Waals surface area contributed by atoms with Crippen LogP contribution in [0, 0.1) is 17.6 Å². The Bertz CT molecular complexity index is 635. The van der Waals surface area contributed by atoms with Gasteiger partial charge in [0.15, 0.2) is 0 Å². The first-order valence-corrected chi connectivity index (χ1v) is 7.36. The fourth-order valence-corrected chi connectivity index (χ4v) is 2.20. The number of hydrogen-bond donors (Lipinski definition) is 3. The molecule has 0 aliphatic carbocycles. The first-order valence-electron chi connectivity index (χ1n) is 7.36. The van der Waals surface area contributed by atoms with E-state index in [0.29, 0.717) is 6.07 Å². The van der Waals surface area contributed by atoms with Crippen molar-refractivity contribution in [3.8, 4) is 0 Å². The van der Waals surface area contributed by atoms with Gasteiger partial charge >= 0.3 is 5.97 Å². The summed E-state index contributed by atoms with van der Waals surface area (Å²) < 4.78 is 26.9. The van der Waals surface area contributed by atoms with Crippen molar-refractivity contribution >= 4 is 17.8 Å². The number of halogens is 2. The monoisotopic (exact) mass is 342 g/mol. The van der Waals surface area contributed by atoms with E-state index in [9.17, 15) is 23.2 Å². The molecule has 24 heavy (non-hydrogen) atoms. The molecule has 0 saturated heterocycles. The maximum Gasteiger partial charge on any atom is 0.326 e. The maximum absolute atomic E-state index is 13.9. The van der Waals surface area contributed by atoms with E-state index in [4.69, 9.17) is 5.11 Å². The second kappa shape index (κ2) is 8.37. The standard InChI is InChI=1S/C16H20F2N2O4/c1-8(2)15(16(23)24)20-14(22)7-13(19-9(3)21)11-5-4-10(17)6-12(11)18/h4-6,8,13,15H,7H2,1-3H3,(H,19,21)(H,20,22)(H,23,24)/t13?,15-/m0/s1. The highest BCUT2D eigenvalue weighted by Gasteiger charge is 2.26. The summed E-state index contributed by atoms with van der Waals surface area (Å²) in [6, 6.07) is 0.656. The summed E-state index contributed by atoms with van der Waals surface area (Å²) in [7, 11) is 0. The van der Waals surface area contributed by atoms with Crippen LogP contribution >= 0.6 is 0 Å². The molecule has 0 bridgehead atoms. The highest BCUT2D eigenvalue weighted by molar-refractivity contribution is 5.84. The van der Waals surface area contributed by atoms with Crippen LogP contribution in [0.2, 0.25) is 0 Å². The van der Waals surface area contributed by atoms with Crippen molar-refractivity contribution in [3.63, 3.8) is 0 Å². The lowest BCUT2D eigenvalue weighted by Gasteiger charge is -2.22. The smallest absolute Gasteiger partial charge is 0.326 e. The number of carbonyl (C=O) groups excluding carboxylic acids is 2. The SMILES string of the molecule is CC(=O)NC(CC(=O)N[C@H](C(=O)O)C(C)C)c1ccc(F)cc1F. The van der Waals surface area contributed by atoms with E-state index in [1.807, 2.05) is 0 Å². The highest BCUT2D eigenvalue weighted by atomic mass is 19.1. The van der Waals surface area contributed by atoms with Crippen LogP contribution < -0.4 is 10.6 Å². The average molecular weight is 342 g/mol. The number of rotatable bonds is 7. The number of benzene rings is 1. The van der Waals surface area contributed by atoms with E-state index >= 15 is 0 Å². The van der Waals surface area contributed by atoms with Crippen molar-refractivity contribution in [2.45, 2.75) is 39.3 Å². The van der Waals surface area contributed by atoms with Crippen LogP contribution in [0.1, 0.15) is 38.8 Å². The fourth-order valence-electron chi connectivity index (χ4n) is 2.20. The molecule has 1 rings (SSSR count). The molecule has 0 heterocycles. The van der Waals surface area contributed by atoms with Gasteiger partial charge in [0.25, 0.3) is 0 Å². The molecule has 0 aliphatic heterocycles. The number of carbonyl (C=O) groups is 3. The van der Waals surface area contributed by atoms with Gasteiger partial charge in [0.2, 0.25) is 11.8 Å². The summed E-state index contributed by atoms with van der Waals surface area (Å²) in [6.45, 7) is 4.45. The summed E-state index contributed by atoms with van der Waals surface area (Å²) in [5.41, 5.74) is -0.0572. The van der Waals surface area contributed by atoms with E-state index in [2.05, 4.69) is 10.6 Å². The van der Waals surface area contributed by atoms with Gasteiger partial charge in [-0.15, -0.1) is 0 Å². The molecule has 0 aromatic heterocycles. The average Bonchev–Trinajstić information content (AvgIpc) is 2.42. The molecule has 0 aliphatic rings. The number of aliphatic carboxylic acids is 1. The van der Waals surface area contributed by atoms with Crippen LogP contribution in [0.4, 0.5) is 8.78 Å². The summed E-state index contributed by atoms with van der Waals surface area (Å²) in [6.07, 6.45) is -0.376. The van der Waals surface area contributed by atoms with E-state index < -0.39 is 41.5 Å². The molecule has 0 saturated carbocycles. The number of carboxylic acid groups (broad SMARTS) is 1. The minimum atomic E-state index is -1.19. The van der Waals surface area contributed by atoms with Crippen molar-refractivity contribution in [2.24, 2.45) is 5.92 Å². The molecule has 1 aromatic carbocycles. The van der Waals surface area contributed by atoms with Gasteiger partial charge in [0.1, 0.15) is 17.7 Å². The first-order chi connectivity index (χ1) is 11.1. The van der Waals surface area contributed by atoms with Crippen molar-refractivity contribution in [2.75, 3.05) is 0 Å². The van der Waals surface area contributed by atoms with Crippen LogP contribution in [0.5, 0.6) is 0 Å². The normalized spacial score (nSPS) is 13.2. The molecule has 132 valence electrons. The molecule has 1 aromatic rings. The minimum Gasteiger partial charge on any atom is -0.480 e. The molecule has 2 amide bonds. The predicted octanol–water partition coefficient (Wildman–Crippen LogP) is 1.76. The van der Waals surface area contributed by atoms with E-state index in [0.717, 1.165) is 12.1 Å². The molecule has 8 heteroatoms. The lowest BCUT2D eigenvalue weighted by atomic mass is 10.0. The molecule has 2 atom stereocenters. The summed E-state index contributed by atoms with van der Waals surface area (Å²) in [5.74, 6) is -4.41. The summed E-state index contributed by atoms with van der Waals surface area (Å²) >= 11 is 0. The zero-order valence-corrected chi connectivity index (χ0v) is 13.6. The van der Waals surface area contributed by atoms with Gasteiger partial charge in [0.05, 0.1) is 12.5 Å². The summed E-state index contributed by atoms with van der Waals surface area (Å²) in [4.78, 5) is 34.5. The predicted molar refractivity (Wildman–Crippen MR) is 81.9 cm³/mol. The van der Waals surface area contributed by atoms with Crippen LogP contribution in [0.25, 0.3) is 0 Å². The molecular weight excluding hydrogens is 322 g/mol. The van der Waals surface area contributed by atoms with Crippen molar-refractivity contribution in [3.05, 3.63) is 35.4 Å². The number of amides is 2. The zero-order chi connectivity index (χ0) is 18.4. The molecule has 3 N–H and O–H groups in total. The Morgan fingerprint density at radius 1 is 1.17 bits per heavy atom. The molecular formula is C16H20F2N2O4. The Labute approximate surface area is 138 Å². The van der Waals surface area contributed by atoms with Gasteiger partial charge in [-0.1, -0.05) is 19.9 Å². The second-order valence-corrected chi connectivity index (χ2v) is 5.75. The molecule has 0 spiro atoms. The third-order valence-electron chi connectivity index (χ3n) is 3.35. The summed E-state index contributed by atoms with van der Waals surface area (Å²) in [5, 5.41) is 13.8.